The second-order valence-electron chi connectivity index (χ2n) is 6.58. The van der Waals surface area contributed by atoms with E-state index in [1.807, 2.05) is 32.9 Å². The number of carbonyl (C=O) groups is 1. The van der Waals surface area contributed by atoms with Gasteiger partial charge in [-0.05, 0) is 37.8 Å². The fourth-order valence-electron chi connectivity index (χ4n) is 2.44. The molecule has 0 bridgehead atoms. The molecule has 1 aromatic rings. The number of rotatable bonds is 5. The van der Waals surface area contributed by atoms with Crippen molar-refractivity contribution in [2.45, 2.75) is 53.0 Å². The van der Waals surface area contributed by atoms with Crippen molar-refractivity contribution in [3.8, 4) is 11.5 Å². The molecule has 1 rings (SSSR count). The molecule has 118 valence electrons. The van der Waals surface area contributed by atoms with Gasteiger partial charge in [0.25, 0.3) is 5.91 Å². The van der Waals surface area contributed by atoms with Crippen LogP contribution >= 0.6 is 0 Å². The largest absolute Gasteiger partial charge is 0.496 e. The van der Waals surface area contributed by atoms with E-state index in [0.717, 1.165) is 16.9 Å². The number of benzene rings is 1. The highest BCUT2D eigenvalue weighted by molar-refractivity contribution is 5.77. The van der Waals surface area contributed by atoms with E-state index in [2.05, 4.69) is 26.1 Å². The van der Waals surface area contributed by atoms with Gasteiger partial charge >= 0.3 is 0 Å². The fraction of sp³-hybridized carbons (Fsp3) is 0.588. The first-order valence-electron chi connectivity index (χ1n) is 7.26. The van der Waals surface area contributed by atoms with Gasteiger partial charge in [-0.2, -0.15) is 0 Å². The molecule has 1 amide bonds. The van der Waals surface area contributed by atoms with Crippen molar-refractivity contribution in [3.05, 3.63) is 23.3 Å². The molecule has 0 unspecified atom stereocenters. The molecule has 0 radical (unpaired) electrons. The zero-order valence-corrected chi connectivity index (χ0v) is 14.2. The molecule has 4 nitrogen and oxygen atoms in total. The molecule has 4 heteroatoms. The third-order valence-corrected chi connectivity index (χ3v) is 3.06. The van der Waals surface area contributed by atoms with E-state index in [-0.39, 0.29) is 24.0 Å². The zero-order chi connectivity index (χ0) is 16.2. The van der Waals surface area contributed by atoms with Gasteiger partial charge in [-0.25, -0.2) is 0 Å². The van der Waals surface area contributed by atoms with Crippen LogP contribution in [0.5, 0.6) is 11.5 Å². The Balaban J connectivity index is 2.92. The van der Waals surface area contributed by atoms with Gasteiger partial charge in [-0.15, -0.1) is 0 Å². The van der Waals surface area contributed by atoms with Crippen molar-refractivity contribution in [1.82, 2.24) is 5.32 Å². The number of aryl methyl sites for hydroxylation is 1. The Labute approximate surface area is 127 Å². The second kappa shape index (κ2) is 6.83. The number of ether oxygens (including phenoxy) is 2. The average molecular weight is 293 g/mol. The normalized spacial score (nSPS) is 11.4. The maximum absolute atomic E-state index is 11.6. The van der Waals surface area contributed by atoms with Crippen LogP contribution in [0.1, 0.15) is 45.7 Å². The summed E-state index contributed by atoms with van der Waals surface area (Å²) in [5, 5.41) is 2.80. The van der Waals surface area contributed by atoms with Gasteiger partial charge in [0.1, 0.15) is 11.5 Å². The number of methoxy groups -OCH3 is 1. The van der Waals surface area contributed by atoms with Crippen LogP contribution in [-0.4, -0.2) is 25.7 Å². The minimum atomic E-state index is -0.124. The first kappa shape index (κ1) is 17.3. The lowest BCUT2D eigenvalue weighted by atomic mass is 9.83. The molecule has 0 aliphatic rings. The Hall–Kier alpha value is -1.71. The predicted octanol–water partition coefficient (Wildman–Crippen LogP) is 3.20. The summed E-state index contributed by atoms with van der Waals surface area (Å²) >= 11 is 0. The number of carbonyl (C=O) groups excluding carboxylic acids is 1. The first-order valence-corrected chi connectivity index (χ1v) is 7.26. The van der Waals surface area contributed by atoms with Gasteiger partial charge in [0, 0.05) is 17.7 Å². The molecule has 0 saturated carbocycles. The first-order chi connectivity index (χ1) is 9.65. The summed E-state index contributed by atoms with van der Waals surface area (Å²) in [6.07, 6.45) is 0. The summed E-state index contributed by atoms with van der Waals surface area (Å²) < 4.78 is 11.1. The van der Waals surface area contributed by atoms with Gasteiger partial charge in [0.15, 0.2) is 6.61 Å². The summed E-state index contributed by atoms with van der Waals surface area (Å²) in [5.74, 6) is 1.32. The van der Waals surface area contributed by atoms with Crippen LogP contribution in [-0.2, 0) is 10.2 Å². The van der Waals surface area contributed by atoms with E-state index in [1.165, 1.54) is 0 Å². The molecular weight excluding hydrogens is 266 g/mol. The Kier molecular flexibility index (Phi) is 5.64. The third-order valence-electron chi connectivity index (χ3n) is 3.06. The average Bonchev–Trinajstić information content (AvgIpc) is 2.33. The molecule has 0 atom stereocenters. The van der Waals surface area contributed by atoms with Gasteiger partial charge in [-0.1, -0.05) is 20.8 Å². The fourth-order valence-corrected chi connectivity index (χ4v) is 2.44. The number of amides is 1. The summed E-state index contributed by atoms with van der Waals surface area (Å²) in [7, 11) is 1.65. The van der Waals surface area contributed by atoms with Crippen molar-refractivity contribution >= 4 is 5.91 Å². The Morgan fingerprint density at radius 1 is 1.29 bits per heavy atom. The summed E-state index contributed by atoms with van der Waals surface area (Å²) in [6.45, 7) is 12.3. The van der Waals surface area contributed by atoms with Gasteiger partial charge < -0.3 is 14.8 Å². The van der Waals surface area contributed by atoms with Crippen LogP contribution in [0, 0.1) is 6.92 Å². The smallest absolute Gasteiger partial charge is 0.258 e. The van der Waals surface area contributed by atoms with E-state index in [0.29, 0.717) is 5.75 Å². The molecule has 1 aromatic carbocycles. The molecule has 1 N–H and O–H groups in total. The molecule has 21 heavy (non-hydrogen) atoms. The van der Waals surface area contributed by atoms with E-state index >= 15 is 0 Å². The van der Waals surface area contributed by atoms with Crippen molar-refractivity contribution in [3.63, 3.8) is 0 Å². The molecule has 0 heterocycles. The molecule has 0 spiro atoms. The SMILES string of the molecule is COc1cc(OCC(=O)NC(C)C)cc(C)c1C(C)(C)C. The third kappa shape index (κ3) is 4.96. The number of hydrogen-bond acceptors (Lipinski definition) is 3. The van der Waals surface area contributed by atoms with Crippen molar-refractivity contribution in [1.29, 1.82) is 0 Å². The molecular formula is C17H27NO3. The van der Waals surface area contributed by atoms with Crippen molar-refractivity contribution in [2.24, 2.45) is 0 Å². The predicted molar refractivity (Wildman–Crippen MR) is 85.2 cm³/mol. The number of hydrogen-bond donors (Lipinski definition) is 1. The van der Waals surface area contributed by atoms with E-state index in [4.69, 9.17) is 9.47 Å². The monoisotopic (exact) mass is 293 g/mol. The topological polar surface area (TPSA) is 47.6 Å². The Bertz CT molecular complexity index is 501. The lowest BCUT2D eigenvalue weighted by molar-refractivity contribution is -0.123. The van der Waals surface area contributed by atoms with Crippen LogP contribution in [0.2, 0.25) is 0 Å². The van der Waals surface area contributed by atoms with Crippen molar-refractivity contribution < 1.29 is 14.3 Å². The highest BCUT2D eigenvalue weighted by Gasteiger charge is 2.22. The van der Waals surface area contributed by atoms with Gasteiger partial charge in [-0.3, -0.25) is 4.79 Å². The quantitative estimate of drug-likeness (QED) is 0.907. The minimum absolute atomic E-state index is 0.00956. The molecule has 0 fully saturated rings. The molecule has 0 aliphatic heterocycles. The molecule has 0 aromatic heterocycles. The Morgan fingerprint density at radius 2 is 1.90 bits per heavy atom. The van der Waals surface area contributed by atoms with Crippen LogP contribution in [0.3, 0.4) is 0 Å². The van der Waals surface area contributed by atoms with Gasteiger partial charge in [0.05, 0.1) is 7.11 Å². The summed E-state index contributed by atoms with van der Waals surface area (Å²) in [6, 6.07) is 3.91. The van der Waals surface area contributed by atoms with E-state index < -0.39 is 0 Å². The van der Waals surface area contributed by atoms with Crippen LogP contribution < -0.4 is 14.8 Å². The zero-order valence-electron chi connectivity index (χ0n) is 14.2. The Morgan fingerprint density at radius 3 is 2.38 bits per heavy atom. The van der Waals surface area contributed by atoms with Crippen LogP contribution in [0.25, 0.3) is 0 Å². The number of nitrogens with one attached hydrogen (secondary N) is 1. The standard InChI is InChI=1S/C17H27NO3/c1-11(2)18-15(19)10-21-13-8-12(3)16(17(4,5)6)14(9-13)20-7/h8-9,11H,10H2,1-7H3,(H,18,19). The highest BCUT2D eigenvalue weighted by Crippen LogP contribution is 2.37. The lowest BCUT2D eigenvalue weighted by Gasteiger charge is -2.25. The van der Waals surface area contributed by atoms with Crippen LogP contribution in [0.4, 0.5) is 0 Å². The maximum atomic E-state index is 11.6. The summed E-state index contributed by atoms with van der Waals surface area (Å²) in [4.78, 5) is 11.6. The van der Waals surface area contributed by atoms with Crippen molar-refractivity contribution in [2.75, 3.05) is 13.7 Å². The van der Waals surface area contributed by atoms with Gasteiger partial charge in [0.2, 0.25) is 0 Å². The minimum Gasteiger partial charge on any atom is -0.496 e. The molecule has 0 aliphatic carbocycles. The van der Waals surface area contributed by atoms with E-state index in [9.17, 15) is 4.79 Å². The maximum Gasteiger partial charge on any atom is 0.258 e. The van der Waals surface area contributed by atoms with Crippen LogP contribution in [0.15, 0.2) is 12.1 Å². The second-order valence-corrected chi connectivity index (χ2v) is 6.58. The molecule has 0 saturated heterocycles. The highest BCUT2D eigenvalue weighted by atomic mass is 16.5. The summed E-state index contributed by atoms with van der Waals surface area (Å²) in [5.41, 5.74) is 2.24. The van der Waals surface area contributed by atoms with E-state index in [1.54, 1.807) is 7.11 Å². The lowest BCUT2D eigenvalue weighted by Crippen LogP contribution is -2.34.